The van der Waals surface area contributed by atoms with Gasteiger partial charge in [0.25, 0.3) is 0 Å². The summed E-state index contributed by atoms with van der Waals surface area (Å²) in [6.07, 6.45) is 27.2. The molecule has 0 amide bonds. The zero-order valence-electron chi connectivity index (χ0n) is 44.4. The number of aryl methyl sites for hydroxylation is 1. The van der Waals surface area contributed by atoms with E-state index < -0.39 is 5.97 Å². The van der Waals surface area contributed by atoms with Crippen LogP contribution in [0.15, 0.2) is 195 Å². The van der Waals surface area contributed by atoms with E-state index in [-0.39, 0.29) is 74.3 Å². The summed E-state index contributed by atoms with van der Waals surface area (Å²) in [7, 11) is 0. The van der Waals surface area contributed by atoms with Crippen LogP contribution >= 0.6 is 67.8 Å². The van der Waals surface area contributed by atoms with Crippen molar-refractivity contribution in [3.05, 3.63) is 245 Å². The molecule has 0 aliphatic carbocycles. The molecule has 83 heavy (non-hydrogen) atoms. The predicted molar refractivity (Wildman–Crippen MR) is 338 cm³/mol. The molecule has 7 aromatic heterocycles. The molecule has 0 saturated heterocycles. The van der Waals surface area contributed by atoms with E-state index in [1.54, 1.807) is 0 Å². The monoisotopic (exact) mass is 1690 g/mol. The fraction of sp³-hybridized carbons (Fsp3) is 0.106. The molecule has 0 saturated carbocycles. The van der Waals surface area contributed by atoms with Gasteiger partial charge in [0.2, 0.25) is 0 Å². The van der Waals surface area contributed by atoms with Gasteiger partial charge in [0.1, 0.15) is 6.54 Å². The number of rotatable bonds is 15. The summed E-state index contributed by atoms with van der Waals surface area (Å²) in [5.41, 5.74) is 18.7. The molecule has 0 fully saturated rings. The fourth-order valence-corrected chi connectivity index (χ4v) is 11.4. The van der Waals surface area contributed by atoms with Gasteiger partial charge in [0, 0.05) is 133 Å². The van der Waals surface area contributed by atoms with E-state index in [1.807, 2.05) is 0 Å². The van der Waals surface area contributed by atoms with Crippen LogP contribution in [0, 0.1) is 10.7 Å². The minimum Gasteiger partial charge on any atom is -1.00 e. The zero-order chi connectivity index (χ0) is 53.8. The summed E-state index contributed by atoms with van der Waals surface area (Å²) in [5, 5.41) is 9.25. The summed E-state index contributed by atoms with van der Waals surface area (Å²) in [6.45, 7) is 2.97. The second kappa shape index (κ2) is 29.0. The largest absolute Gasteiger partial charge is 1.00 e. The van der Waals surface area contributed by atoms with Crippen LogP contribution < -0.4 is 86.2 Å². The Morgan fingerprint density at radius 1 is 0.373 bits per heavy atom. The Balaban J connectivity index is 0.00000225. The van der Waals surface area contributed by atoms with Crippen LogP contribution in [-0.2, 0) is 31.0 Å². The van der Waals surface area contributed by atoms with E-state index in [2.05, 4.69) is 315 Å². The van der Waals surface area contributed by atoms with Gasteiger partial charge in [-0.25, -0.2) is 28.2 Å². The number of carbonyl (C=O) groups is 1. The number of aliphatic carboxylic acids is 1. The summed E-state index contributed by atoms with van der Waals surface area (Å²) >= 11 is 7.06. The molecule has 2 aliphatic rings. The Labute approximate surface area is 565 Å². The number of halogens is 7. The second-order valence-corrected chi connectivity index (χ2v) is 23.6. The molecule has 0 radical (unpaired) electrons. The lowest BCUT2D eigenvalue weighted by atomic mass is 10.0. The van der Waals surface area contributed by atoms with Gasteiger partial charge in [-0.1, -0.05) is 36.4 Å². The van der Waals surface area contributed by atoms with Crippen molar-refractivity contribution in [2.45, 2.75) is 45.4 Å². The maximum atomic E-state index is 11.3. The van der Waals surface area contributed by atoms with Gasteiger partial charge in [-0.05, 0) is 181 Å². The Morgan fingerprint density at radius 3 is 0.904 bits per heavy atom. The van der Waals surface area contributed by atoms with Crippen molar-refractivity contribution in [2.75, 3.05) is 0 Å². The van der Waals surface area contributed by atoms with E-state index in [9.17, 15) is 9.90 Å². The zero-order valence-corrected chi connectivity index (χ0v) is 57.2. The number of carboxylic acids is 1. The van der Waals surface area contributed by atoms with Crippen molar-refractivity contribution in [1.29, 1.82) is 0 Å². The van der Waals surface area contributed by atoms with Gasteiger partial charge in [0.15, 0.2) is 69.2 Å². The van der Waals surface area contributed by atoms with Gasteiger partial charge in [-0.2, -0.15) is 0 Å². The van der Waals surface area contributed by atoms with Crippen molar-refractivity contribution in [1.82, 2.24) is 19.9 Å². The number of hydrogen-bond acceptors (Lipinski definition) is 3. The van der Waals surface area contributed by atoms with Gasteiger partial charge in [-0.3, -0.25) is 4.79 Å². The Kier molecular flexibility index (Phi) is 22.2. The number of fused-ring (bicyclic) bond motifs is 8. The first-order valence-electron chi connectivity index (χ1n) is 26.2. The number of H-pyrrole nitrogens is 2. The van der Waals surface area contributed by atoms with Crippen molar-refractivity contribution in [2.24, 2.45) is 0 Å². The highest BCUT2D eigenvalue weighted by molar-refractivity contribution is 14.1. The highest BCUT2D eigenvalue weighted by Gasteiger charge is 2.21. The molecule has 0 unspecified atom stereocenters. The lowest BCUT2D eigenvalue weighted by Crippen LogP contribution is -3.00. The predicted octanol–water partition coefficient (Wildman–Crippen LogP) is 1.70. The van der Waals surface area contributed by atoms with Crippen LogP contribution in [0.1, 0.15) is 58.7 Å². The number of hydrogen-bond donors (Lipinski definition) is 3. The first-order chi connectivity index (χ1) is 38.6. The molecule has 418 valence electrons. The van der Waals surface area contributed by atoms with E-state index in [0.29, 0.717) is 6.42 Å². The third-order valence-electron chi connectivity index (χ3n) is 14.4. The van der Waals surface area contributed by atoms with E-state index in [4.69, 9.17) is 9.97 Å². The SMILES string of the molecule is O=C(O)CCCC[n+]1ccc(-c2c3nc(c(-c4cc[n+](Cc5ccc(I)cc5)cc4)c4ccc([nH]4)c(-c4cc[n+](Cc5ccc(I)cc5)cc4)c4nc(c(-c5cc[n+](Cc6ccc(I)cc6)cc5)c5ccc2[nH]5)C=C4)C=C3)cc1.[Br-].[Br-].[Br-].[Br-]. The Bertz CT molecular complexity index is 4050. The highest BCUT2D eigenvalue weighted by Crippen LogP contribution is 2.38. The van der Waals surface area contributed by atoms with E-state index >= 15 is 0 Å². The number of nitrogens with zero attached hydrogens (tertiary/aromatic N) is 6. The fourth-order valence-electron chi connectivity index (χ4n) is 10.4. The van der Waals surface area contributed by atoms with Crippen molar-refractivity contribution in [3.8, 4) is 44.5 Å². The van der Waals surface area contributed by atoms with Gasteiger partial charge < -0.3 is 83.0 Å². The average Bonchev–Trinajstić information content (AvgIpc) is 3.48. The first kappa shape index (κ1) is 63.5. The second-order valence-electron chi connectivity index (χ2n) is 19.8. The minimum atomic E-state index is -0.767. The number of nitrogens with one attached hydrogen (secondary N) is 2. The van der Waals surface area contributed by atoms with E-state index in [1.165, 1.54) is 27.4 Å². The summed E-state index contributed by atoms with van der Waals surface area (Å²) < 4.78 is 12.4. The molecule has 0 atom stereocenters. The van der Waals surface area contributed by atoms with Crippen LogP contribution in [-0.4, -0.2) is 31.0 Å². The molecule has 10 aromatic rings. The highest BCUT2D eigenvalue weighted by atomic mass is 127. The lowest BCUT2D eigenvalue weighted by Gasteiger charge is -2.07. The number of carboxylic acid groups (broad SMARTS) is 1. The number of aromatic amines is 2. The molecule has 0 spiro atoms. The third-order valence-corrected chi connectivity index (χ3v) is 16.5. The molecule has 2 aliphatic heterocycles. The molecule has 12 rings (SSSR count). The van der Waals surface area contributed by atoms with Crippen LogP contribution in [0.5, 0.6) is 0 Å². The van der Waals surface area contributed by atoms with Crippen LogP contribution in [0.3, 0.4) is 0 Å². The smallest absolute Gasteiger partial charge is 0.303 e. The maximum Gasteiger partial charge on any atom is 0.303 e. The van der Waals surface area contributed by atoms with Crippen molar-refractivity contribution >= 4 is 120 Å². The molecule has 3 N–H and O–H groups in total. The first-order valence-corrected chi connectivity index (χ1v) is 29.5. The third kappa shape index (κ3) is 15.1. The van der Waals surface area contributed by atoms with Crippen LogP contribution in [0.4, 0.5) is 0 Å². The number of aromatic nitrogens is 8. The molecule has 3 aromatic carbocycles. The minimum absolute atomic E-state index is 0. The van der Waals surface area contributed by atoms with Crippen molar-refractivity contribution < 1.29 is 96.1 Å². The summed E-state index contributed by atoms with van der Waals surface area (Å²) in [6, 6.07) is 52.1. The van der Waals surface area contributed by atoms with E-state index in [0.717, 1.165) is 122 Å². The molecular weight excluding hydrogens is 1640 g/mol. The maximum absolute atomic E-state index is 11.3. The standard InChI is InChI=1S/C66H50I3N8O2.4BrH/c67-51-10-4-44(5-11-51)41-75-35-26-48(27-36-75)64-56-18-16-54(70-56)63(47-24-33-74(34-25-47)32-2-1-3-62(78)79)55-17-19-57(71-55)65(49-28-37-76(38-29-49)42-45-6-12-52(68)13-7-45)59-21-23-61(73-59)66(60-22-20-58(64)72-60)50-30-39-77(40-31-50)43-46-8-14-53(69)15-9-46;;;;/h4-31,33-40H,1-3,32,41-43H2;4*1H/q+1;;;;/p-1. The van der Waals surface area contributed by atoms with Crippen LogP contribution in [0.25, 0.3) is 90.9 Å². The average molecular weight is 1690 g/mol. The molecule has 8 bridgehead atoms. The topological polar surface area (TPSA) is 110 Å². The molecule has 10 nitrogen and oxygen atoms in total. The summed E-state index contributed by atoms with van der Waals surface area (Å²) in [4.78, 5) is 30.3. The van der Waals surface area contributed by atoms with Gasteiger partial charge >= 0.3 is 5.97 Å². The normalized spacial score (nSPS) is 11.3. The molecule has 17 heteroatoms. The lowest BCUT2D eigenvalue weighted by molar-refractivity contribution is -0.697. The van der Waals surface area contributed by atoms with Crippen LogP contribution in [0.2, 0.25) is 0 Å². The number of pyridine rings is 4. The Morgan fingerprint density at radius 2 is 0.639 bits per heavy atom. The van der Waals surface area contributed by atoms with Gasteiger partial charge in [-0.15, -0.1) is 0 Å². The quantitative estimate of drug-likeness (QED) is 0.0827. The van der Waals surface area contributed by atoms with Crippen molar-refractivity contribution in [3.63, 3.8) is 0 Å². The van der Waals surface area contributed by atoms with Gasteiger partial charge in [0.05, 0.1) is 22.8 Å². The molecular formula is C66H53Br4I3N8O2. The number of unbranched alkanes of at least 4 members (excludes halogenated alkanes) is 1. The summed E-state index contributed by atoms with van der Waals surface area (Å²) in [5.74, 6) is -0.767. The molecule has 9 heterocycles. The Hall–Kier alpha value is -5.56. The number of benzene rings is 3.